The van der Waals surface area contributed by atoms with Crippen LogP contribution >= 0.6 is 11.6 Å². The predicted molar refractivity (Wildman–Crippen MR) is 155 cm³/mol. The molecule has 0 saturated carbocycles. The van der Waals surface area contributed by atoms with Crippen LogP contribution < -0.4 is 9.64 Å². The van der Waals surface area contributed by atoms with E-state index in [4.69, 9.17) is 16.3 Å². The number of methoxy groups -OCH3 is 1. The van der Waals surface area contributed by atoms with E-state index >= 15 is 0 Å². The molecule has 1 fully saturated rings. The number of halogens is 1. The van der Waals surface area contributed by atoms with E-state index in [1.165, 1.54) is 0 Å². The second kappa shape index (κ2) is 9.04. The molecular weight excluding hydrogens is 522 g/mol. The zero-order valence-corrected chi connectivity index (χ0v) is 22.3. The van der Waals surface area contributed by atoms with Crippen molar-refractivity contribution in [2.75, 3.05) is 12.0 Å². The molecule has 3 aliphatic rings. The Labute approximate surface area is 236 Å². The van der Waals surface area contributed by atoms with Gasteiger partial charge in [-0.05, 0) is 41.5 Å². The summed E-state index contributed by atoms with van der Waals surface area (Å²) in [5, 5.41) is 0.564. The van der Waals surface area contributed by atoms with E-state index in [9.17, 15) is 14.4 Å². The highest BCUT2D eigenvalue weighted by molar-refractivity contribution is 6.32. The summed E-state index contributed by atoms with van der Waals surface area (Å²) in [5.41, 5.74) is 2.09. The molecule has 4 aromatic rings. The third-order valence-electron chi connectivity index (χ3n) is 8.57. The van der Waals surface area contributed by atoms with Gasteiger partial charge in [-0.2, -0.15) is 0 Å². The van der Waals surface area contributed by atoms with Crippen LogP contribution in [-0.2, 0) is 0 Å². The largest absolute Gasteiger partial charge is 0.497 e. The molecule has 0 N–H and O–H groups in total. The third-order valence-corrected chi connectivity index (χ3v) is 8.80. The van der Waals surface area contributed by atoms with Gasteiger partial charge in [-0.3, -0.25) is 14.4 Å². The molecule has 0 amide bonds. The summed E-state index contributed by atoms with van der Waals surface area (Å²) in [6, 6.07) is 27.4. The van der Waals surface area contributed by atoms with Crippen molar-refractivity contribution < 1.29 is 19.1 Å². The lowest BCUT2D eigenvalue weighted by Crippen LogP contribution is -2.48. The van der Waals surface area contributed by atoms with Crippen LogP contribution in [-0.4, -0.2) is 36.5 Å². The number of nitrogens with zero attached hydrogens (tertiary/aromatic N) is 1. The number of benzene rings is 4. The Morgan fingerprint density at radius 2 is 1.50 bits per heavy atom. The number of hydrogen-bond donors (Lipinski definition) is 0. The van der Waals surface area contributed by atoms with Gasteiger partial charge in [-0.15, -0.1) is 0 Å². The van der Waals surface area contributed by atoms with Gasteiger partial charge in [0.2, 0.25) is 0 Å². The zero-order valence-electron chi connectivity index (χ0n) is 21.6. The zero-order chi connectivity index (χ0) is 27.6. The summed E-state index contributed by atoms with van der Waals surface area (Å²) in [4.78, 5) is 45.8. The van der Waals surface area contributed by atoms with Gasteiger partial charge in [-0.25, -0.2) is 0 Å². The van der Waals surface area contributed by atoms with Gasteiger partial charge < -0.3 is 9.64 Å². The molecule has 1 aliphatic carbocycles. The molecule has 7 rings (SSSR count). The Bertz CT molecular complexity index is 1690. The van der Waals surface area contributed by atoms with Crippen LogP contribution in [0.3, 0.4) is 0 Å². The first-order valence-corrected chi connectivity index (χ1v) is 13.5. The van der Waals surface area contributed by atoms with Crippen molar-refractivity contribution in [3.63, 3.8) is 0 Å². The van der Waals surface area contributed by atoms with Crippen molar-refractivity contribution in [2.24, 2.45) is 5.41 Å². The maximum absolute atomic E-state index is 14.6. The molecule has 1 saturated heterocycles. The molecule has 4 aromatic carbocycles. The third kappa shape index (κ3) is 3.24. The fourth-order valence-corrected chi connectivity index (χ4v) is 7.09. The van der Waals surface area contributed by atoms with Gasteiger partial charge in [0.05, 0.1) is 13.2 Å². The number of fused-ring (bicyclic) bond motifs is 5. The molecule has 0 radical (unpaired) electrons. The fraction of sp³-hybridized carbons (Fsp3) is 0.147. The molecule has 3 atom stereocenters. The number of rotatable bonds is 4. The molecule has 5 nitrogen and oxygen atoms in total. The molecule has 40 heavy (non-hydrogen) atoms. The maximum Gasteiger partial charge on any atom is 0.185 e. The molecule has 0 unspecified atom stereocenters. The second-order valence-corrected chi connectivity index (χ2v) is 10.8. The molecular formula is C34H24ClNO4. The van der Waals surface area contributed by atoms with Crippen LogP contribution in [0.5, 0.6) is 5.75 Å². The summed E-state index contributed by atoms with van der Waals surface area (Å²) >= 11 is 6.36. The molecule has 0 aromatic heterocycles. The quantitative estimate of drug-likeness (QED) is 0.212. The van der Waals surface area contributed by atoms with Crippen molar-refractivity contribution >= 4 is 40.7 Å². The number of hydrogen-bond acceptors (Lipinski definition) is 5. The minimum atomic E-state index is -1.54. The van der Waals surface area contributed by atoms with Gasteiger partial charge in [0.1, 0.15) is 17.2 Å². The highest BCUT2D eigenvalue weighted by atomic mass is 35.5. The minimum absolute atomic E-state index is 0.156. The topological polar surface area (TPSA) is 63.7 Å². The van der Waals surface area contributed by atoms with Gasteiger partial charge >= 0.3 is 0 Å². The number of Topliss-reactive ketones (excluding diaryl/α,β-unsaturated/α-hetero) is 3. The van der Waals surface area contributed by atoms with E-state index < -0.39 is 23.4 Å². The molecule has 0 bridgehead atoms. The standard InChI is InChI=1S/C34H24ClNO4/c1-40-24-15-11-20(12-16-24)29-30(31(37)21-7-3-2-4-8-21)36-27-17-14-23(35)19-22(27)13-18-28(36)34(29)32(38)25-9-5-6-10-26(25)33(34)39/h2-19,28-30H,1H3/t28-,29+,30+/m0/s1. The lowest BCUT2D eigenvalue weighted by Gasteiger charge is -2.37. The Morgan fingerprint density at radius 3 is 2.15 bits per heavy atom. The van der Waals surface area contributed by atoms with Gasteiger partial charge in [0.15, 0.2) is 17.3 Å². The van der Waals surface area contributed by atoms with E-state index in [1.807, 2.05) is 71.6 Å². The molecule has 2 heterocycles. The van der Waals surface area contributed by atoms with Crippen LogP contribution in [0.15, 0.2) is 103 Å². The summed E-state index contributed by atoms with van der Waals surface area (Å²) in [6.07, 6.45) is 3.81. The lowest BCUT2D eigenvalue weighted by atomic mass is 9.64. The second-order valence-electron chi connectivity index (χ2n) is 10.4. The van der Waals surface area contributed by atoms with Gasteiger partial charge in [0, 0.05) is 33.3 Å². The highest BCUT2D eigenvalue weighted by Gasteiger charge is 2.71. The first-order valence-electron chi connectivity index (χ1n) is 13.1. The molecule has 6 heteroatoms. The number of ether oxygens (including phenoxy) is 1. The van der Waals surface area contributed by atoms with Crippen molar-refractivity contribution in [2.45, 2.75) is 18.0 Å². The molecule has 1 spiro atoms. The average Bonchev–Trinajstić information content (AvgIpc) is 3.43. The Morgan fingerprint density at radius 1 is 0.850 bits per heavy atom. The van der Waals surface area contributed by atoms with Crippen LogP contribution in [0.25, 0.3) is 6.08 Å². The summed E-state index contributed by atoms with van der Waals surface area (Å²) in [7, 11) is 1.58. The maximum atomic E-state index is 14.6. The predicted octanol–water partition coefficient (Wildman–Crippen LogP) is 6.66. The lowest BCUT2D eigenvalue weighted by molar-refractivity contribution is 0.0666. The summed E-state index contributed by atoms with van der Waals surface area (Å²) < 4.78 is 5.40. The Hall–Kier alpha value is -4.48. The van der Waals surface area contributed by atoms with Crippen LogP contribution in [0, 0.1) is 5.41 Å². The van der Waals surface area contributed by atoms with Crippen molar-refractivity contribution in [3.05, 3.63) is 136 Å². The minimum Gasteiger partial charge on any atom is -0.497 e. The first kappa shape index (κ1) is 24.6. The van der Waals surface area contributed by atoms with E-state index in [0.717, 1.165) is 16.8 Å². The van der Waals surface area contributed by atoms with Crippen molar-refractivity contribution in [1.82, 2.24) is 0 Å². The van der Waals surface area contributed by atoms with Crippen LogP contribution in [0.2, 0.25) is 5.02 Å². The molecule has 196 valence electrons. The SMILES string of the molecule is COc1ccc([C@@H]2[C@H](C(=O)c3ccccc3)N3c4ccc(Cl)cc4C=C[C@H]3C23C(=O)c2ccccc2C3=O)cc1. The van der Waals surface area contributed by atoms with Crippen molar-refractivity contribution in [3.8, 4) is 5.75 Å². The van der Waals surface area contributed by atoms with E-state index in [2.05, 4.69) is 0 Å². The van der Waals surface area contributed by atoms with Crippen LogP contribution in [0.4, 0.5) is 5.69 Å². The Kier molecular flexibility index (Phi) is 5.55. The summed E-state index contributed by atoms with van der Waals surface area (Å²) in [5.74, 6) is -0.791. The monoisotopic (exact) mass is 545 g/mol. The summed E-state index contributed by atoms with van der Waals surface area (Å²) in [6.45, 7) is 0. The number of ketones is 3. The highest BCUT2D eigenvalue weighted by Crippen LogP contribution is 2.61. The normalized spacial score (nSPS) is 21.8. The number of carbonyl (C=O) groups excluding carboxylic acids is 3. The van der Waals surface area contributed by atoms with E-state index in [-0.39, 0.29) is 17.3 Å². The first-order chi connectivity index (χ1) is 19.5. The van der Waals surface area contributed by atoms with Gasteiger partial charge in [-0.1, -0.05) is 90.5 Å². The molecule has 2 aliphatic heterocycles. The smallest absolute Gasteiger partial charge is 0.185 e. The van der Waals surface area contributed by atoms with E-state index in [0.29, 0.717) is 27.5 Å². The Balaban J connectivity index is 1.54. The number of anilines is 1. The van der Waals surface area contributed by atoms with Gasteiger partial charge in [0.25, 0.3) is 0 Å². The van der Waals surface area contributed by atoms with Crippen LogP contribution in [0.1, 0.15) is 48.1 Å². The average molecular weight is 546 g/mol. The number of carbonyl (C=O) groups is 3. The van der Waals surface area contributed by atoms with E-state index in [1.54, 1.807) is 49.6 Å². The van der Waals surface area contributed by atoms with Crippen molar-refractivity contribution in [1.29, 1.82) is 0 Å². The fourth-order valence-electron chi connectivity index (χ4n) is 6.91.